The summed E-state index contributed by atoms with van der Waals surface area (Å²) in [5.41, 5.74) is 3.27. The monoisotopic (exact) mass is 264 g/mol. The van der Waals surface area contributed by atoms with Gasteiger partial charge < -0.3 is 10.6 Å². The van der Waals surface area contributed by atoms with Crippen molar-refractivity contribution in [2.24, 2.45) is 0 Å². The van der Waals surface area contributed by atoms with E-state index in [2.05, 4.69) is 33.6 Å². The van der Waals surface area contributed by atoms with Crippen LogP contribution in [0.2, 0.25) is 0 Å². The van der Waals surface area contributed by atoms with Crippen LogP contribution >= 0.6 is 22.7 Å². The minimum atomic E-state index is 0.953. The molecule has 17 heavy (non-hydrogen) atoms. The van der Waals surface area contributed by atoms with Crippen molar-refractivity contribution in [3.63, 3.8) is 0 Å². The molecule has 0 amide bonds. The number of hydrogen-bond donors (Lipinski definition) is 2. The highest BCUT2D eigenvalue weighted by molar-refractivity contribution is 7.24. The zero-order valence-corrected chi connectivity index (χ0v) is 11.4. The van der Waals surface area contributed by atoms with E-state index in [1.54, 1.807) is 22.7 Å². The van der Waals surface area contributed by atoms with E-state index in [4.69, 9.17) is 0 Å². The molecule has 0 spiro atoms. The topological polar surface area (TPSA) is 49.8 Å². The maximum absolute atomic E-state index is 4.57. The van der Waals surface area contributed by atoms with E-state index in [-0.39, 0.29) is 0 Å². The highest BCUT2D eigenvalue weighted by atomic mass is 32.1. The van der Waals surface area contributed by atoms with E-state index in [0.717, 1.165) is 26.9 Å². The fourth-order valence-corrected chi connectivity index (χ4v) is 3.76. The van der Waals surface area contributed by atoms with Gasteiger partial charge in [0.25, 0.3) is 0 Å². The first-order valence-corrected chi connectivity index (χ1v) is 6.92. The second-order valence-corrected chi connectivity index (χ2v) is 5.79. The summed E-state index contributed by atoms with van der Waals surface area (Å²) in [5, 5.41) is 8.09. The van der Waals surface area contributed by atoms with Crippen LogP contribution in [0.15, 0.2) is 6.07 Å². The molecule has 1 aromatic carbocycles. The van der Waals surface area contributed by atoms with E-state index in [1.807, 2.05) is 14.1 Å². The zero-order valence-electron chi connectivity index (χ0n) is 9.79. The number of thiazole rings is 2. The number of hydrogen-bond acceptors (Lipinski definition) is 6. The fourth-order valence-electron chi connectivity index (χ4n) is 1.84. The summed E-state index contributed by atoms with van der Waals surface area (Å²) in [6.45, 7) is 2.09. The van der Waals surface area contributed by atoms with Crippen LogP contribution in [0.25, 0.3) is 20.4 Å². The SMILES string of the molecule is CNc1nc2c(C)c3nc(NC)sc3cc2s1. The third-order valence-electron chi connectivity index (χ3n) is 2.71. The molecule has 2 N–H and O–H groups in total. The lowest BCUT2D eigenvalue weighted by molar-refractivity contribution is 1.36. The number of nitrogens with one attached hydrogen (secondary N) is 2. The molecule has 0 fully saturated rings. The van der Waals surface area contributed by atoms with Crippen molar-refractivity contribution < 1.29 is 0 Å². The Morgan fingerprint density at radius 2 is 1.41 bits per heavy atom. The number of aromatic nitrogens is 2. The number of anilines is 2. The molecule has 2 heterocycles. The van der Waals surface area contributed by atoms with Crippen LogP contribution in [0.3, 0.4) is 0 Å². The summed E-state index contributed by atoms with van der Waals surface area (Å²) < 4.78 is 2.43. The highest BCUT2D eigenvalue weighted by Gasteiger charge is 2.12. The summed E-state index contributed by atoms with van der Waals surface area (Å²) in [7, 11) is 3.79. The molecular formula is C11H12N4S2. The highest BCUT2D eigenvalue weighted by Crippen LogP contribution is 2.36. The van der Waals surface area contributed by atoms with Gasteiger partial charge >= 0.3 is 0 Å². The second-order valence-electron chi connectivity index (χ2n) is 3.73. The van der Waals surface area contributed by atoms with E-state index in [9.17, 15) is 0 Å². The molecule has 4 nitrogen and oxygen atoms in total. The smallest absolute Gasteiger partial charge is 0.183 e. The van der Waals surface area contributed by atoms with Crippen LogP contribution in [-0.2, 0) is 0 Å². The van der Waals surface area contributed by atoms with Gasteiger partial charge in [0.2, 0.25) is 0 Å². The first kappa shape index (κ1) is 10.7. The van der Waals surface area contributed by atoms with E-state index >= 15 is 0 Å². The molecule has 0 radical (unpaired) electrons. The molecule has 3 rings (SSSR count). The number of rotatable bonds is 2. The summed E-state index contributed by atoms with van der Waals surface area (Å²) in [6.07, 6.45) is 0. The van der Waals surface area contributed by atoms with Crippen LogP contribution in [-0.4, -0.2) is 24.1 Å². The lowest BCUT2D eigenvalue weighted by Crippen LogP contribution is -1.86. The number of aryl methyl sites for hydroxylation is 1. The largest absolute Gasteiger partial charge is 0.365 e. The summed E-state index contributed by atoms with van der Waals surface area (Å²) >= 11 is 3.36. The fraction of sp³-hybridized carbons (Fsp3) is 0.273. The first-order valence-electron chi connectivity index (χ1n) is 5.29. The van der Waals surface area contributed by atoms with Crippen molar-refractivity contribution in [3.05, 3.63) is 11.6 Å². The summed E-state index contributed by atoms with van der Waals surface area (Å²) in [5.74, 6) is 0. The van der Waals surface area contributed by atoms with Crippen molar-refractivity contribution in [2.75, 3.05) is 24.7 Å². The van der Waals surface area contributed by atoms with Crippen LogP contribution in [0.5, 0.6) is 0 Å². The quantitative estimate of drug-likeness (QED) is 0.745. The van der Waals surface area contributed by atoms with Crippen molar-refractivity contribution in [1.82, 2.24) is 9.97 Å². The molecule has 2 aromatic heterocycles. The van der Waals surface area contributed by atoms with Crippen LogP contribution in [0, 0.1) is 6.92 Å². The number of benzene rings is 1. The molecule has 0 bridgehead atoms. The Bertz CT molecular complexity index is 641. The van der Waals surface area contributed by atoms with Gasteiger partial charge in [-0.2, -0.15) is 0 Å². The molecule has 0 aliphatic rings. The Morgan fingerprint density at radius 1 is 0.941 bits per heavy atom. The Morgan fingerprint density at radius 3 is 1.82 bits per heavy atom. The second kappa shape index (κ2) is 3.82. The predicted octanol–water partition coefficient (Wildman–Crippen LogP) is 3.30. The lowest BCUT2D eigenvalue weighted by Gasteiger charge is -1.95. The Hall–Kier alpha value is -1.40. The molecule has 6 heteroatoms. The van der Waals surface area contributed by atoms with Crippen LogP contribution in [0.4, 0.5) is 10.3 Å². The molecule has 0 aliphatic carbocycles. The maximum atomic E-state index is 4.57. The molecule has 0 aliphatic heterocycles. The standard InChI is InChI=1S/C11H12N4S2/c1-5-8-6(16-10(12-2)14-8)4-7-9(5)15-11(13-3)17-7/h4H,1-3H3,(H,12,14)(H,13,15). The minimum Gasteiger partial charge on any atom is -0.365 e. The maximum Gasteiger partial charge on any atom is 0.183 e. The van der Waals surface area contributed by atoms with Gasteiger partial charge in [0.15, 0.2) is 10.3 Å². The van der Waals surface area contributed by atoms with Gasteiger partial charge in [0, 0.05) is 19.7 Å². The average molecular weight is 264 g/mol. The van der Waals surface area contributed by atoms with Gasteiger partial charge in [-0.25, -0.2) is 9.97 Å². The van der Waals surface area contributed by atoms with Gasteiger partial charge in [-0.05, 0) is 13.0 Å². The molecule has 0 unspecified atom stereocenters. The van der Waals surface area contributed by atoms with Crippen molar-refractivity contribution in [1.29, 1.82) is 0 Å². The van der Waals surface area contributed by atoms with Crippen LogP contribution in [0.1, 0.15) is 5.56 Å². The van der Waals surface area contributed by atoms with Gasteiger partial charge in [0.1, 0.15) is 0 Å². The molecule has 0 saturated heterocycles. The van der Waals surface area contributed by atoms with Crippen LogP contribution < -0.4 is 10.6 Å². The van der Waals surface area contributed by atoms with Crippen molar-refractivity contribution in [2.45, 2.75) is 6.92 Å². The Balaban J connectivity index is 2.37. The predicted molar refractivity (Wildman–Crippen MR) is 76.6 cm³/mol. The Labute approximate surface area is 107 Å². The van der Waals surface area contributed by atoms with Gasteiger partial charge in [-0.15, -0.1) is 0 Å². The van der Waals surface area contributed by atoms with Crippen molar-refractivity contribution >= 4 is 53.4 Å². The average Bonchev–Trinajstić information content (AvgIpc) is 2.92. The molecule has 3 aromatic rings. The lowest BCUT2D eigenvalue weighted by atomic mass is 10.2. The minimum absolute atomic E-state index is 0.953. The van der Waals surface area contributed by atoms with Gasteiger partial charge in [0.05, 0.1) is 20.4 Å². The molecular weight excluding hydrogens is 252 g/mol. The van der Waals surface area contributed by atoms with E-state index < -0.39 is 0 Å². The van der Waals surface area contributed by atoms with E-state index in [1.165, 1.54) is 9.40 Å². The van der Waals surface area contributed by atoms with Crippen molar-refractivity contribution in [3.8, 4) is 0 Å². The first-order chi connectivity index (χ1) is 8.22. The summed E-state index contributed by atoms with van der Waals surface area (Å²) in [4.78, 5) is 9.14. The number of fused-ring (bicyclic) bond motifs is 2. The normalized spacial score (nSPS) is 11.2. The molecule has 88 valence electrons. The zero-order chi connectivity index (χ0) is 12.0. The third kappa shape index (κ3) is 1.56. The van der Waals surface area contributed by atoms with Gasteiger partial charge in [-0.3, -0.25) is 0 Å². The summed E-state index contributed by atoms with van der Waals surface area (Å²) in [6, 6.07) is 2.18. The van der Waals surface area contributed by atoms with Gasteiger partial charge in [-0.1, -0.05) is 22.7 Å². The number of nitrogens with zero attached hydrogens (tertiary/aromatic N) is 2. The third-order valence-corrected chi connectivity index (χ3v) is 4.75. The molecule has 0 atom stereocenters. The Kier molecular flexibility index (Phi) is 2.41. The van der Waals surface area contributed by atoms with E-state index in [0.29, 0.717) is 0 Å². The molecule has 0 saturated carbocycles.